The van der Waals surface area contributed by atoms with Crippen molar-refractivity contribution in [2.75, 3.05) is 13.7 Å². The zero-order valence-electron chi connectivity index (χ0n) is 12.9. The number of hydrogen-bond donors (Lipinski definition) is 1. The fraction of sp³-hybridized carbons (Fsp3) is 0.533. The number of amides is 1. The highest BCUT2D eigenvalue weighted by Crippen LogP contribution is 2.36. The van der Waals surface area contributed by atoms with Crippen LogP contribution < -0.4 is 5.32 Å². The number of hydrogen-bond acceptors (Lipinski definition) is 4. The third-order valence-electron chi connectivity index (χ3n) is 3.87. The minimum absolute atomic E-state index is 0.0781. The lowest BCUT2D eigenvalue weighted by atomic mass is 10.3. The van der Waals surface area contributed by atoms with Crippen LogP contribution in [0.25, 0.3) is 0 Å². The largest absolute Gasteiger partial charge is 0.383 e. The van der Waals surface area contributed by atoms with Crippen LogP contribution in [0.4, 0.5) is 0 Å². The minimum Gasteiger partial charge on any atom is -0.383 e. The van der Waals surface area contributed by atoms with Gasteiger partial charge in [-0.15, -0.1) is 10.2 Å². The fourth-order valence-corrected chi connectivity index (χ4v) is 2.55. The second kappa shape index (κ2) is 6.31. The molecule has 7 nitrogen and oxygen atoms in total. The number of carbonyl (C=O) groups excluding carboxylic acids is 1. The van der Waals surface area contributed by atoms with Crippen molar-refractivity contribution in [2.24, 2.45) is 0 Å². The van der Waals surface area contributed by atoms with E-state index in [1.165, 1.54) is 0 Å². The zero-order valence-corrected chi connectivity index (χ0v) is 12.9. The molecule has 22 heavy (non-hydrogen) atoms. The van der Waals surface area contributed by atoms with E-state index in [1.54, 1.807) is 13.4 Å². The summed E-state index contributed by atoms with van der Waals surface area (Å²) in [6.07, 6.45) is 5.92. The average molecular weight is 303 g/mol. The van der Waals surface area contributed by atoms with E-state index in [-0.39, 0.29) is 11.9 Å². The first-order chi connectivity index (χ1) is 10.7. The molecule has 1 unspecified atom stereocenters. The Morgan fingerprint density at radius 3 is 3.09 bits per heavy atom. The summed E-state index contributed by atoms with van der Waals surface area (Å²) >= 11 is 0. The molecule has 0 spiro atoms. The molecule has 118 valence electrons. The smallest absolute Gasteiger partial charge is 0.268 e. The molecule has 1 fully saturated rings. The summed E-state index contributed by atoms with van der Waals surface area (Å²) in [5, 5.41) is 11.0. The maximum Gasteiger partial charge on any atom is 0.268 e. The van der Waals surface area contributed by atoms with Crippen LogP contribution in [0.1, 0.15) is 48.2 Å². The van der Waals surface area contributed by atoms with Crippen LogP contribution >= 0.6 is 0 Å². The van der Waals surface area contributed by atoms with Gasteiger partial charge in [0, 0.05) is 25.9 Å². The molecule has 0 aromatic carbocycles. The molecule has 3 rings (SSSR count). The number of nitrogens with zero attached hydrogens (tertiary/aromatic N) is 4. The zero-order chi connectivity index (χ0) is 15.5. The monoisotopic (exact) mass is 303 g/mol. The standard InChI is InChI=1S/C15H21N5O2/c1-11(14-18-16-10-19(14)8-9-22-2)17-15(21)13-4-3-7-20(13)12-5-6-12/h3-4,7,10-12H,5-6,8-9H2,1-2H3,(H,17,21). The van der Waals surface area contributed by atoms with Crippen molar-refractivity contribution in [3.63, 3.8) is 0 Å². The van der Waals surface area contributed by atoms with Crippen molar-refractivity contribution < 1.29 is 9.53 Å². The molecule has 1 aliphatic rings. The molecule has 1 saturated carbocycles. The lowest BCUT2D eigenvalue weighted by Crippen LogP contribution is -2.30. The first-order valence-electron chi connectivity index (χ1n) is 7.55. The molecule has 7 heteroatoms. The van der Waals surface area contributed by atoms with Crippen molar-refractivity contribution in [1.82, 2.24) is 24.6 Å². The Morgan fingerprint density at radius 1 is 1.55 bits per heavy atom. The quantitative estimate of drug-likeness (QED) is 0.842. The van der Waals surface area contributed by atoms with Crippen LogP contribution in [0, 0.1) is 0 Å². The molecule has 2 aromatic heterocycles. The van der Waals surface area contributed by atoms with E-state index in [9.17, 15) is 4.79 Å². The van der Waals surface area contributed by atoms with Crippen LogP contribution in [0.5, 0.6) is 0 Å². The Labute approximate surface area is 129 Å². The molecular weight excluding hydrogens is 282 g/mol. The number of carbonyl (C=O) groups is 1. The van der Waals surface area contributed by atoms with Gasteiger partial charge in [-0.05, 0) is 31.9 Å². The summed E-state index contributed by atoms with van der Waals surface area (Å²) in [7, 11) is 1.65. The van der Waals surface area contributed by atoms with Gasteiger partial charge in [-0.25, -0.2) is 0 Å². The average Bonchev–Trinajstić information content (AvgIpc) is 3.05. The number of ether oxygens (including phenoxy) is 1. The summed E-state index contributed by atoms with van der Waals surface area (Å²) in [5.74, 6) is 0.653. The van der Waals surface area contributed by atoms with Crippen LogP contribution in [-0.4, -0.2) is 39.0 Å². The van der Waals surface area contributed by atoms with E-state index in [4.69, 9.17) is 4.74 Å². The topological polar surface area (TPSA) is 74.0 Å². The van der Waals surface area contributed by atoms with E-state index in [0.717, 1.165) is 18.7 Å². The Hall–Kier alpha value is -2.15. The van der Waals surface area contributed by atoms with Gasteiger partial charge in [0.15, 0.2) is 5.82 Å². The molecule has 1 N–H and O–H groups in total. The third-order valence-corrected chi connectivity index (χ3v) is 3.87. The van der Waals surface area contributed by atoms with Crippen molar-refractivity contribution in [3.8, 4) is 0 Å². The highest BCUT2D eigenvalue weighted by molar-refractivity contribution is 5.93. The van der Waals surface area contributed by atoms with Gasteiger partial charge in [-0.2, -0.15) is 0 Å². The number of methoxy groups -OCH3 is 1. The Balaban J connectivity index is 1.68. The van der Waals surface area contributed by atoms with Gasteiger partial charge in [-0.1, -0.05) is 0 Å². The van der Waals surface area contributed by atoms with Gasteiger partial charge in [0.1, 0.15) is 12.0 Å². The maximum atomic E-state index is 12.5. The molecule has 0 bridgehead atoms. The van der Waals surface area contributed by atoms with E-state index >= 15 is 0 Å². The van der Waals surface area contributed by atoms with Gasteiger partial charge in [0.05, 0.1) is 12.6 Å². The van der Waals surface area contributed by atoms with Crippen molar-refractivity contribution in [3.05, 3.63) is 36.2 Å². The predicted octanol–water partition coefficient (Wildman–Crippen LogP) is 1.55. The fourth-order valence-electron chi connectivity index (χ4n) is 2.55. The second-order valence-corrected chi connectivity index (χ2v) is 5.60. The van der Waals surface area contributed by atoms with Crippen LogP contribution in [0.2, 0.25) is 0 Å². The Bertz CT molecular complexity index is 644. The van der Waals surface area contributed by atoms with E-state index in [1.807, 2.05) is 29.8 Å². The SMILES string of the molecule is COCCn1cnnc1C(C)NC(=O)c1cccn1C1CC1. The van der Waals surface area contributed by atoms with Crippen LogP contribution in [-0.2, 0) is 11.3 Å². The van der Waals surface area contributed by atoms with Crippen molar-refractivity contribution in [1.29, 1.82) is 0 Å². The molecule has 2 heterocycles. The molecular formula is C15H21N5O2. The Kier molecular flexibility index (Phi) is 4.24. The van der Waals surface area contributed by atoms with E-state index < -0.39 is 0 Å². The highest BCUT2D eigenvalue weighted by Gasteiger charge is 2.27. The van der Waals surface area contributed by atoms with E-state index in [2.05, 4.69) is 20.1 Å². The van der Waals surface area contributed by atoms with Crippen LogP contribution in [0.15, 0.2) is 24.7 Å². The van der Waals surface area contributed by atoms with E-state index in [0.29, 0.717) is 24.9 Å². The molecule has 0 aliphatic heterocycles. The highest BCUT2D eigenvalue weighted by atomic mass is 16.5. The van der Waals surface area contributed by atoms with Gasteiger partial charge in [0.2, 0.25) is 0 Å². The Morgan fingerprint density at radius 2 is 2.36 bits per heavy atom. The lowest BCUT2D eigenvalue weighted by molar-refractivity contribution is 0.0927. The number of nitrogens with one attached hydrogen (secondary N) is 1. The van der Waals surface area contributed by atoms with Gasteiger partial charge >= 0.3 is 0 Å². The molecule has 0 radical (unpaired) electrons. The minimum atomic E-state index is -0.214. The molecule has 1 amide bonds. The third kappa shape index (κ3) is 3.04. The first kappa shape index (κ1) is 14.8. The summed E-state index contributed by atoms with van der Waals surface area (Å²) in [4.78, 5) is 12.5. The van der Waals surface area contributed by atoms with Crippen molar-refractivity contribution in [2.45, 2.75) is 38.4 Å². The molecule has 1 atom stereocenters. The molecule has 2 aromatic rings. The van der Waals surface area contributed by atoms with Gasteiger partial charge in [0.25, 0.3) is 5.91 Å². The van der Waals surface area contributed by atoms with Gasteiger partial charge in [-0.3, -0.25) is 4.79 Å². The molecule has 0 saturated heterocycles. The predicted molar refractivity (Wildman–Crippen MR) is 80.5 cm³/mol. The number of rotatable bonds is 7. The normalized spacial score (nSPS) is 15.7. The van der Waals surface area contributed by atoms with Gasteiger partial charge < -0.3 is 19.2 Å². The van der Waals surface area contributed by atoms with Crippen molar-refractivity contribution >= 4 is 5.91 Å². The first-order valence-corrected chi connectivity index (χ1v) is 7.55. The van der Waals surface area contributed by atoms with Crippen LogP contribution in [0.3, 0.4) is 0 Å². The maximum absolute atomic E-state index is 12.5. The summed E-state index contributed by atoms with van der Waals surface area (Å²) in [5.41, 5.74) is 0.706. The summed E-state index contributed by atoms with van der Waals surface area (Å²) in [6, 6.07) is 4.04. The summed E-state index contributed by atoms with van der Waals surface area (Å²) in [6.45, 7) is 3.16. The number of aromatic nitrogens is 4. The lowest BCUT2D eigenvalue weighted by Gasteiger charge is -2.15. The second-order valence-electron chi connectivity index (χ2n) is 5.60. The summed E-state index contributed by atoms with van der Waals surface area (Å²) < 4.78 is 9.02. The molecule has 1 aliphatic carbocycles.